The van der Waals surface area contributed by atoms with Gasteiger partial charge >= 0.3 is 0 Å². The van der Waals surface area contributed by atoms with E-state index in [0.717, 1.165) is 75.2 Å². The predicted octanol–water partition coefficient (Wildman–Crippen LogP) is 14.8. The third kappa shape index (κ3) is 17.9. The van der Waals surface area contributed by atoms with Crippen LogP contribution in [0.15, 0.2) is 96.0 Å². The molecule has 0 N–H and O–H groups in total. The minimum Gasteiger partial charge on any atom is -0.492 e. The Hall–Kier alpha value is -4.98. The van der Waals surface area contributed by atoms with Crippen LogP contribution in [-0.2, 0) is 0 Å². The maximum Gasteiger partial charge on any atom is 0.136 e. The lowest BCUT2D eigenvalue weighted by Gasteiger charge is -2.14. The summed E-state index contributed by atoms with van der Waals surface area (Å²) in [7, 11) is 0. The Balaban J connectivity index is 1.33. The van der Waals surface area contributed by atoms with Gasteiger partial charge in [0.25, 0.3) is 0 Å². The number of pyridine rings is 4. The van der Waals surface area contributed by atoms with Gasteiger partial charge in [-0.3, -0.25) is 19.9 Å². The fraction of sp³-hybridized carbons (Fsp3) is 0.444. The molecular formula is C54H65BrN4O2. The van der Waals surface area contributed by atoms with E-state index < -0.39 is 0 Å². The Morgan fingerprint density at radius 2 is 0.836 bits per heavy atom. The molecule has 6 nitrogen and oxygen atoms in total. The van der Waals surface area contributed by atoms with Crippen LogP contribution in [0.2, 0.25) is 0 Å². The highest BCUT2D eigenvalue weighted by atomic mass is 79.9. The van der Waals surface area contributed by atoms with Crippen molar-refractivity contribution in [3.63, 3.8) is 0 Å². The molecule has 0 saturated carbocycles. The number of unbranched alkanes of at least 4 members (excludes halogenated alkanes) is 18. The smallest absolute Gasteiger partial charge is 0.136 e. The van der Waals surface area contributed by atoms with Gasteiger partial charge in [-0.1, -0.05) is 159 Å². The summed E-state index contributed by atoms with van der Waals surface area (Å²) in [5.41, 5.74) is 6.42. The van der Waals surface area contributed by atoms with Crippen molar-refractivity contribution in [1.29, 1.82) is 0 Å². The topological polar surface area (TPSA) is 70.0 Å². The van der Waals surface area contributed by atoms with Gasteiger partial charge in [-0.25, -0.2) is 0 Å². The van der Waals surface area contributed by atoms with Crippen molar-refractivity contribution in [1.82, 2.24) is 19.9 Å². The van der Waals surface area contributed by atoms with Gasteiger partial charge in [0.2, 0.25) is 0 Å². The lowest BCUT2D eigenvalue weighted by molar-refractivity contribution is 0.295. The first-order valence-electron chi connectivity index (χ1n) is 23.1. The van der Waals surface area contributed by atoms with Crippen LogP contribution in [0.3, 0.4) is 0 Å². The van der Waals surface area contributed by atoms with Crippen LogP contribution in [0.5, 0.6) is 11.5 Å². The lowest BCUT2D eigenvalue weighted by atomic mass is 10.1. The molecule has 0 aliphatic heterocycles. The van der Waals surface area contributed by atoms with Crippen molar-refractivity contribution >= 4 is 15.9 Å². The lowest BCUT2D eigenvalue weighted by Crippen LogP contribution is -2.03. The summed E-state index contributed by atoms with van der Waals surface area (Å²) in [5, 5.41) is 0. The standard InChI is InChI=1S/C54H65BrN4O2/c1-3-5-7-9-11-13-15-17-19-23-37-60-53-40-47(31-27-45-29-34-51(58-42-45)52-35-32-48(55)43-59-52)54(61-38-24-20-18-16-14-12-10-8-6-4-2)39-46(53)30-26-44-28-33-50(57-41-44)49-25-21-22-36-56-49/h21-22,25,28-29,32-36,39-43H,3-20,23-24,37-38H2,1-2H3. The van der Waals surface area contributed by atoms with Gasteiger partial charge < -0.3 is 9.47 Å². The maximum absolute atomic E-state index is 6.54. The molecule has 0 amide bonds. The maximum atomic E-state index is 6.54. The first-order valence-corrected chi connectivity index (χ1v) is 23.9. The monoisotopic (exact) mass is 880 g/mol. The fourth-order valence-corrected chi connectivity index (χ4v) is 7.33. The number of hydrogen-bond acceptors (Lipinski definition) is 6. The summed E-state index contributed by atoms with van der Waals surface area (Å²) in [5.74, 6) is 14.9. The van der Waals surface area contributed by atoms with E-state index in [1.165, 1.54) is 103 Å². The molecule has 7 heteroatoms. The SMILES string of the molecule is CCCCCCCCCCCCOc1cc(C#Cc2ccc(-c3ccc(Br)cn3)nc2)c(OCCCCCCCCCCCC)cc1C#Cc1ccc(-c2ccccn2)nc1. The van der Waals surface area contributed by atoms with Gasteiger partial charge in [0, 0.05) is 52.5 Å². The first-order chi connectivity index (χ1) is 30.1. The first kappa shape index (κ1) is 47.1. The molecule has 0 bridgehead atoms. The molecule has 0 aliphatic rings. The number of benzene rings is 1. The number of hydrogen-bond donors (Lipinski definition) is 0. The highest BCUT2D eigenvalue weighted by Crippen LogP contribution is 2.30. The van der Waals surface area contributed by atoms with Crippen molar-refractivity contribution in [2.45, 2.75) is 142 Å². The molecular weight excluding hydrogens is 817 g/mol. The molecule has 320 valence electrons. The zero-order chi connectivity index (χ0) is 42.6. The zero-order valence-corrected chi connectivity index (χ0v) is 38.3. The van der Waals surface area contributed by atoms with Crippen molar-refractivity contribution in [2.24, 2.45) is 0 Å². The van der Waals surface area contributed by atoms with Crippen LogP contribution in [0.1, 0.15) is 165 Å². The highest BCUT2D eigenvalue weighted by Gasteiger charge is 2.12. The largest absolute Gasteiger partial charge is 0.492 e. The Morgan fingerprint density at radius 1 is 0.426 bits per heavy atom. The third-order valence-electron chi connectivity index (χ3n) is 10.7. The summed E-state index contributed by atoms with van der Waals surface area (Å²) in [6, 6.07) is 21.7. The molecule has 0 atom stereocenters. The summed E-state index contributed by atoms with van der Waals surface area (Å²) >= 11 is 3.46. The van der Waals surface area contributed by atoms with Crippen LogP contribution in [0.4, 0.5) is 0 Å². The zero-order valence-electron chi connectivity index (χ0n) is 36.7. The summed E-state index contributed by atoms with van der Waals surface area (Å²) in [6.45, 7) is 5.78. The van der Waals surface area contributed by atoms with Gasteiger partial charge in [-0.2, -0.15) is 0 Å². The van der Waals surface area contributed by atoms with Crippen LogP contribution in [0.25, 0.3) is 22.8 Å². The number of halogens is 1. The Labute approximate surface area is 375 Å². The third-order valence-corrected chi connectivity index (χ3v) is 11.2. The number of rotatable bonds is 26. The highest BCUT2D eigenvalue weighted by molar-refractivity contribution is 9.10. The van der Waals surface area contributed by atoms with Gasteiger partial charge in [0.1, 0.15) is 11.5 Å². The van der Waals surface area contributed by atoms with E-state index in [9.17, 15) is 0 Å². The minimum absolute atomic E-state index is 0.617. The van der Waals surface area contributed by atoms with E-state index in [2.05, 4.69) is 73.4 Å². The average molecular weight is 882 g/mol. The molecule has 4 heterocycles. The second-order valence-electron chi connectivity index (χ2n) is 15.8. The fourth-order valence-electron chi connectivity index (χ4n) is 7.10. The Kier molecular flexibility index (Phi) is 22.0. The normalized spacial score (nSPS) is 10.7. The second kappa shape index (κ2) is 28.5. The van der Waals surface area contributed by atoms with E-state index in [-0.39, 0.29) is 0 Å². The molecule has 0 saturated heterocycles. The number of nitrogens with zero attached hydrogens (tertiary/aromatic N) is 4. The van der Waals surface area contributed by atoms with Gasteiger partial charge in [0.05, 0.1) is 47.1 Å². The summed E-state index contributed by atoms with van der Waals surface area (Å²) in [4.78, 5) is 18.2. The van der Waals surface area contributed by atoms with Crippen LogP contribution < -0.4 is 9.47 Å². The molecule has 5 aromatic rings. The quantitative estimate of drug-likeness (QED) is 0.0407. The number of ether oxygens (including phenoxy) is 2. The van der Waals surface area contributed by atoms with Crippen molar-refractivity contribution in [3.05, 3.63) is 118 Å². The van der Waals surface area contributed by atoms with Gasteiger partial charge in [-0.05, 0) is 77.3 Å². The van der Waals surface area contributed by atoms with Gasteiger partial charge in [0.15, 0.2) is 0 Å². The van der Waals surface area contributed by atoms with E-state index in [1.54, 1.807) is 24.8 Å². The van der Waals surface area contributed by atoms with Crippen LogP contribution in [-0.4, -0.2) is 33.1 Å². The van der Waals surface area contributed by atoms with Crippen molar-refractivity contribution < 1.29 is 9.47 Å². The molecule has 0 unspecified atom stereocenters. The van der Waals surface area contributed by atoms with E-state index >= 15 is 0 Å². The molecule has 0 fully saturated rings. The minimum atomic E-state index is 0.617. The van der Waals surface area contributed by atoms with Crippen molar-refractivity contribution in [2.75, 3.05) is 13.2 Å². The van der Waals surface area contributed by atoms with E-state index in [0.29, 0.717) is 24.7 Å². The Morgan fingerprint density at radius 3 is 1.21 bits per heavy atom. The summed E-state index contributed by atoms with van der Waals surface area (Å²) in [6.07, 6.45) is 32.6. The van der Waals surface area contributed by atoms with E-state index in [4.69, 9.17) is 9.47 Å². The molecule has 1 aromatic carbocycles. The van der Waals surface area contributed by atoms with Gasteiger partial charge in [-0.15, -0.1) is 0 Å². The average Bonchev–Trinajstić information content (AvgIpc) is 3.30. The van der Waals surface area contributed by atoms with Crippen LogP contribution in [0, 0.1) is 23.7 Å². The molecule has 0 aliphatic carbocycles. The molecule has 5 rings (SSSR count). The molecule has 0 spiro atoms. The van der Waals surface area contributed by atoms with Crippen LogP contribution >= 0.6 is 15.9 Å². The summed E-state index contributed by atoms with van der Waals surface area (Å²) < 4.78 is 14.0. The Bertz CT molecular complexity index is 2100. The predicted molar refractivity (Wildman–Crippen MR) is 256 cm³/mol. The molecule has 4 aromatic heterocycles. The second-order valence-corrected chi connectivity index (χ2v) is 16.8. The molecule has 61 heavy (non-hydrogen) atoms. The molecule has 0 radical (unpaired) electrons. The van der Waals surface area contributed by atoms with Crippen molar-refractivity contribution in [3.8, 4) is 58.0 Å². The van der Waals surface area contributed by atoms with E-state index in [1.807, 2.05) is 66.7 Å². The number of aromatic nitrogens is 4.